The van der Waals surface area contributed by atoms with E-state index >= 15 is 0 Å². The first-order valence-electron chi connectivity index (χ1n) is 5.97. The Hall–Kier alpha value is -0.870. The summed E-state index contributed by atoms with van der Waals surface area (Å²) in [6.07, 6.45) is 4.87. The van der Waals surface area contributed by atoms with E-state index in [0.29, 0.717) is 6.04 Å². The van der Waals surface area contributed by atoms with Gasteiger partial charge < -0.3 is 14.8 Å². The standard InChI is InChI=1S/C12H24N4/c1-11(2)13-6-9-15(3)8-5-12-14-7-10-16(12)4/h7,10-11,13H,5-6,8-9H2,1-4H3. The zero-order valence-electron chi connectivity index (χ0n) is 10.9. The fourth-order valence-electron chi connectivity index (χ4n) is 1.58. The minimum atomic E-state index is 0.572. The topological polar surface area (TPSA) is 33.1 Å². The third kappa shape index (κ3) is 4.77. The van der Waals surface area contributed by atoms with E-state index < -0.39 is 0 Å². The molecular formula is C12H24N4. The second-order valence-corrected chi connectivity index (χ2v) is 4.62. The van der Waals surface area contributed by atoms with Gasteiger partial charge in [-0.1, -0.05) is 13.8 Å². The molecule has 0 aromatic carbocycles. The van der Waals surface area contributed by atoms with Crippen molar-refractivity contribution in [1.29, 1.82) is 0 Å². The second-order valence-electron chi connectivity index (χ2n) is 4.62. The zero-order chi connectivity index (χ0) is 12.0. The van der Waals surface area contributed by atoms with Crippen molar-refractivity contribution in [2.45, 2.75) is 26.3 Å². The van der Waals surface area contributed by atoms with Crippen molar-refractivity contribution >= 4 is 0 Å². The average Bonchev–Trinajstić information content (AvgIpc) is 2.60. The Balaban J connectivity index is 2.15. The van der Waals surface area contributed by atoms with E-state index in [-0.39, 0.29) is 0 Å². The van der Waals surface area contributed by atoms with Crippen LogP contribution in [0, 0.1) is 0 Å². The molecule has 1 rings (SSSR count). The Labute approximate surface area is 98.7 Å². The van der Waals surface area contributed by atoms with E-state index in [1.54, 1.807) is 0 Å². The molecule has 0 spiro atoms. The maximum Gasteiger partial charge on any atom is 0.109 e. The first-order valence-corrected chi connectivity index (χ1v) is 5.97. The maximum atomic E-state index is 4.32. The molecule has 1 aromatic rings. The Morgan fingerprint density at radius 2 is 2.19 bits per heavy atom. The van der Waals surface area contributed by atoms with Gasteiger partial charge in [0.15, 0.2) is 0 Å². The van der Waals surface area contributed by atoms with Crippen LogP contribution < -0.4 is 5.32 Å². The maximum absolute atomic E-state index is 4.32. The molecule has 0 amide bonds. The van der Waals surface area contributed by atoms with Crippen molar-refractivity contribution in [2.24, 2.45) is 7.05 Å². The molecule has 0 atom stereocenters. The van der Waals surface area contributed by atoms with Crippen molar-refractivity contribution < 1.29 is 0 Å². The van der Waals surface area contributed by atoms with Gasteiger partial charge in [-0.3, -0.25) is 0 Å². The molecule has 0 saturated heterocycles. The highest BCUT2D eigenvalue weighted by molar-refractivity contribution is 4.91. The first-order chi connectivity index (χ1) is 7.59. The van der Waals surface area contributed by atoms with Gasteiger partial charge in [0.05, 0.1) is 0 Å². The molecule has 1 heterocycles. The molecular weight excluding hydrogens is 200 g/mol. The molecule has 0 radical (unpaired) electrons. The Morgan fingerprint density at radius 3 is 2.75 bits per heavy atom. The molecule has 0 unspecified atom stereocenters. The van der Waals surface area contributed by atoms with Crippen molar-refractivity contribution in [1.82, 2.24) is 19.8 Å². The van der Waals surface area contributed by atoms with Crippen LogP contribution in [0.4, 0.5) is 0 Å². The van der Waals surface area contributed by atoms with Crippen LogP contribution in [0.15, 0.2) is 12.4 Å². The summed E-state index contributed by atoms with van der Waals surface area (Å²) in [5.41, 5.74) is 0. The number of hydrogen-bond donors (Lipinski definition) is 1. The smallest absolute Gasteiger partial charge is 0.109 e. The molecule has 1 aromatic heterocycles. The average molecular weight is 224 g/mol. The minimum Gasteiger partial charge on any atom is -0.338 e. The molecule has 0 fully saturated rings. The molecule has 1 N–H and O–H groups in total. The van der Waals surface area contributed by atoms with Crippen LogP contribution in [0.25, 0.3) is 0 Å². The minimum absolute atomic E-state index is 0.572. The summed E-state index contributed by atoms with van der Waals surface area (Å²) in [5, 5.41) is 3.42. The summed E-state index contributed by atoms with van der Waals surface area (Å²) in [6.45, 7) is 7.55. The Kier molecular flexibility index (Phi) is 5.49. The summed E-state index contributed by atoms with van der Waals surface area (Å²) < 4.78 is 2.08. The van der Waals surface area contributed by atoms with Crippen LogP contribution in [0.3, 0.4) is 0 Å². The van der Waals surface area contributed by atoms with Crippen molar-refractivity contribution in [3.63, 3.8) is 0 Å². The summed E-state index contributed by atoms with van der Waals surface area (Å²) >= 11 is 0. The molecule has 0 saturated carbocycles. The molecule has 92 valence electrons. The predicted octanol–water partition coefficient (Wildman–Crippen LogP) is 0.892. The molecule has 0 aliphatic carbocycles. The summed E-state index contributed by atoms with van der Waals surface area (Å²) in [7, 11) is 4.20. The van der Waals surface area contributed by atoms with Gasteiger partial charge in [-0.05, 0) is 7.05 Å². The van der Waals surface area contributed by atoms with Crippen LogP contribution in [0.2, 0.25) is 0 Å². The van der Waals surface area contributed by atoms with E-state index in [1.165, 1.54) is 0 Å². The van der Waals surface area contributed by atoms with Crippen LogP contribution >= 0.6 is 0 Å². The number of imidazole rings is 1. The second kappa shape index (κ2) is 6.66. The fourth-order valence-corrected chi connectivity index (χ4v) is 1.58. The monoisotopic (exact) mass is 224 g/mol. The lowest BCUT2D eigenvalue weighted by Gasteiger charge is -2.17. The van der Waals surface area contributed by atoms with Crippen molar-refractivity contribution in [3.8, 4) is 0 Å². The van der Waals surface area contributed by atoms with E-state index in [0.717, 1.165) is 31.9 Å². The van der Waals surface area contributed by atoms with Gasteiger partial charge in [0.2, 0.25) is 0 Å². The highest BCUT2D eigenvalue weighted by Crippen LogP contribution is 1.96. The largest absolute Gasteiger partial charge is 0.338 e. The predicted molar refractivity (Wildman–Crippen MR) is 67.5 cm³/mol. The van der Waals surface area contributed by atoms with E-state index in [1.807, 2.05) is 19.4 Å². The highest BCUT2D eigenvalue weighted by atomic mass is 15.1. The van der Waals surface area contributed by atoms with Crippen LogP contribution in [0.5, 0.6) is 0 Å². The lowest BCUT2D eigenvalue weighted by molar-refractivity contribution is 0.327. The lowest BCUT2D eigenvalue weighted by Crippen LogP contribution is -2.33. The molecule has 0 aliphatic rings. The molecule has 4 heteroatoms. The number of rotatable bonds is 7. The fraction of sp³-hybridized carbons (Fsp3) is 0.750. The van der Waals surface area contributed by atoms with Gasteiger partial charge in [-0.15, -0.1) is 0 Å². The number of hydrogen-bond acceptors (Lipinski definition) is 3. The summed E-state index contributed by atoms with van der Waals surface area (Å²) in [6, 6.07) is 0.572. The Bertz CT molecular complexity index is 293. The van der Waals surface area contributed by atoms with Crippen LogP contribution in [-0.2, 0) is 13.5 Å². The quantitative estimate of drug-likeness (QED) is 0.747. The SMILES string of the molecule is CC(C)NCCN(C)CCc1nccn1C. The number of nitrogens with one attached hydrogen (secondary N) is 1. The normalized spacial score (nSPS) is 11.6. The van der Waals surface area contributed by atoms with E-state index in [2.05, 4.69) is 40.7 Å². The lowest BCUT2D eigenvalue weighted by atomic mass is 10.3. The Morgan fingerprint density at radius 1 is 1.44 bits per heavy atom. The van der Waals surface area contributed by atoms with Crippen molar-refractivity contribution in [3.05, 3.63) is 18.2 Å². The van der Waals surface area contributed by atoms with Gasteiger partial charge in [0, 0.05) is 51.5 Å². The number of aromatic nitrogens is 2. The molecule has 0 bridgehead atoms. The molecule has 16 heavy (non-hydrogen) atoms. The van der Waals surface area contributed by atoms with Gasteiger partial charge in [0.25, 0.3) is 0 Å². The third-order valence-corrected chi connectivity index (χ3v) is 2.68. The number of likely N-dealkylation sites (N-methyl/N-ethyl adjacent to an activating group) is 1. The van der Waals surface area contributed by atoms with Gasteiger partial charge in [0.1, 0.15) is 5.82 Å². The number of nitrogens with zero attached hydrogens (tertiary/aromatic N) is 3. The molecule has 0 aliphatic heterocycles. The van der Waals surface area contributed by atoms with Crippen LogP contribution in [0.1, 0.15) is 19.7 Å². The van der Waals surface area contributed by atoms with E-state index in [4.69, 9.17) is 0 Å². The van der Waals surface area contributed by atoms with Gasteiger partial charge in [-0.2, -0.15) is 0 Å². The van der Waals surface area contributed by atoms with Crippen LogP contribution in [-0.4, -0.2) is 47.2 Å². The third-order valence-electron chi connectivity index (χ3n) is 2.68. The summed E-state index contributed by atoms with van der Waals surface area (Å²) in [4.78, 5) is 6.65. The van der Waals surface area contributed by atoms with Crippen molar-refractivity contribution in [2.75, 3.05) is 26.7 Å². The highest BCUT2D eigenvalue weighted by Gasteiger charge is 2.02. The first kappa shape index (κ1) is 13.2. The summed E-state index contributed by atoms with van der Waals surface area (Å²) in [5.74, 6) is 1.16. The van der Waals surface area contributed by atoms with Gasteiger partial charge in [-0.25, -0.2) is 4.98 Å². The zero-order valence-corrected chi connectivity index (χ0v) is 10.9. The van der Waals surface area contributed by atoms with Gasteiger partial charge >= 0.3 is 0 Å². The van der Waals surface area contributed by atoms with E-state index in [9.17, 15) is 0 Å². The number of aryl methyl sites for hydroxylation is 1. The molecule has 4 nitrogen and oxygen atoms in total.